The summed E-state index contributed by atoms with van der Waals surface area (Å²) in [5.41, 5.74) is 4.86. The van der Waals surface area contributed by atoms with Crippen molar-refractivity contribution in [2.75, 3.05) is 0 Å². The standard InChI is InChI=1S/C22H32O2Si/c1-16-10-9-11-17(2)21(16)23-15-18-12-19(22(3,4)5)14-20(13-18)24-25(6,7)8/h9-14H,15H2,1-8H3. The van der Waals surface area contributed by atoms with Gasteiger partial charge in [-0.3, -0.25) is 0 Å². The van der Waals surface area contributed by atoms with Gasteiger partial charge in [0.15, 0.2) is 0 Å². The minimum absolute atomic E-state index is 0.0755. The van der Waals surface area contributed by atoms with E-state index in [1.54, 1.807) is 0 Å². The lowest BCUT2D eigenvalue weighted by Crippen LogP contribution is -2.29. The van der Waals surface area contributed by atoms with Crippen LogP contribution in [0.25, 0.3) is 0 Å². The lowest BCUT2D eigenvalue weighted by Gasteiger charge is -2.25. The second-order valence-electron chi connectivity index (χ2n) is 8.84. The Labute approximate surface area is 154 Å². The molecule has 0 bridgehead atoms. The molecule has 0 aliphatic carbocycles. The third-order valence-electron chi connectivity index (χ3n) is 4.05. The normalized spacial score (nSPS) is 12.2. The molecule has 2 aromatic rings. The molecule has 136 valence electrons. The first-order valence-corrected chi connectivity index (χ1v) is 12.4. The fourth-order valence-corrected chi connectivity index (χ4v) is 3.60. The molecule has 0 aliphatic rings. The molecular formula is C22H32O2Si. The van der Waals surface area contributed by atoms with Gasteiger partial charge in [-0.25, -0.2) is 0 Å². The van der Waals surface area contributed by atoms with Crippen LogP contribution in [-0.2, 0) is 12.0 Å². The third-order valence-corrected chi connectivity index (χ3v) is 4.90. The molecule has 0 N–H and O–H groups in total. The van der Waals surface area contributed by atoms with E-state index >= 15 is 0 Å². The van der Waals surface area contributed by atoms with Crippen molar-refractivity contribution in [3.05, 3.63) is 58.7 Å². The molecule has 0 saturated carbocycles. The SMILES string of the molecule is Cc1cccc(C)c1OCc1cc(O[Si](C)(C)C)cc(C(C)(C)C)c1. The Balaban J connectivity index is 2.31. The average Bonchev–Trinajstić information content (AvgIpc) is 2.43. The quantitative estimate of drug-likeness (QED) is 0.578. The van der Waals surface area contributed by atoms with E-state index in [1.165, 1.54) is 16.7 Å². The Morgan fingerprint density at radius 3 is 2.04 bits per heavy atom. The monoisotopic (exact) mass is 356 g/mol. The van der Waals surface area contributed by atoms with Crippen LogP contribution in [0.2, 0.25) is 19.6 Å². The lowest BCUT2D eigenvalue weighted by molar-refractivity contribution is 0.301. The van der Waals surface area contributed by atoms with Crippen molar-refractivity contribution >= 4 is 8.32 Å². The van der Waals surface area contributed by atoms with Gasteiger partial charge >= 0.3 is 0 Å². The molecule has 0 heterocycles. The Bertz CT molecular complexity index is 716. The van der Waals surface area contributed by atoms with Crippen molar-refractivity contribution in [2.24, 2.45) is 0 Å². The summed E-state index contributed by atoms with van der Waals surface area (Å²) < 4.78 is 12.4. The van der Waals surface area contributed by atoms with Crippen molar-refractivity contribution in [1.29, 1.82) is 0 Å². The maximum atomic E-state index is 6.26. The van der Waals surface area contributed by atoms with Crippen LogP contribution >= 0.6 is 0 Å². The third kappa shape index (κ3) is 5.64. The van der Waals surface area contributed by atoms with Crippen LogP contribution in [0.1, 0.15) is 43.0 Å². The topological polar surface area (TPSA) is 18.5 Å². The molecule has 0 aromatic heterocycles. The highest BCUT2D eigenvalue weighted by Gasteiger charge is 2.20. The minimum atomic E-state index is -1.65. The van der Waals surface area contributed by atoms with E-state index < -0.39 is 8.32 Å². The molecule has 0 atom stereocenters. The number of benzene rings is 2. The summed E-state index contributed by atoms with van der Waals surface area (Å²) in [5.74, 6) is 1.95. The molecular weight excluding hydrogens is 324 g/mol. The maximum Gasteiger partial charge on any atom is 0.242 e. The molecule has 0 radical (unpaired) electrons. The van der Waals surface area contributed by atoms with Crippen LogP contribution in [0, 0.1) is 13.8 Å². The second kappa shape index (κ2) is 7.25. The van der Waals surface area contributed by atoms with Crippen LogP contribution in [-0.4, -0.2) is 8.32 Å². The molecule has 0 aliphatic heterocycles. The zero-order chi connectivity index (χ0) is 18.8. The van der Waals surface area contributed by atoms with E-state index in [9.17, 15) is 0 Å². The van der Waals surface area contributed by atoms with Gasteiger partial charge in [0.1, 0.15) is 18.1 Å². The van der Waals surface area contributed by atoms with Crippen molar-refractivity contribution in [3.63, 3.8) is 0 Å². The largest absolute Gasteiger partial charge is 0.544 e. The summed E-state index contributed by atoms with van der Waals surface area (Å²) in [6.45, 7) is 18.1. The van der Waals surface area contributed by atoms with E-state index in [4.69, 9.17) is 9.16 Å². The highest BCUT2D eigenvalue weighted by Crippen LogP contribution is 2.30. The molecule has 25 heavy (non-hydrogen) atoms. The molecule has 0 unspecified atom stereocenters. The Morgan fingerprint density at radius 2 is 1.52 bits per heavy atom. The van der Waals surface area contributed by atoms with Gasteiger partial charge in [-0.1, -0.05) is 45.0 Å². The van der Waals surface area contributed by atoms with Crippen LogP contribution in [0.4, 0.5) is 0 Å². The van der Waals surface area contributed by atoms with Gasteiger partial charge in [0.2, 0.25) is 8.32 Å². The Hall–Kier alpha value is -1.74. The van der Waals surface area contributed by atoms with Gasteiger partial charge < -0.3 is 9.16 Å². The summed E-state index contributed by atoms with van der Waals surface area (Å²) in [7, 11) is -1.65. The number of hydrogen-bond acceptors (Lipinski definition) is 2. The average molecular weight is 357 g/mol. The van der Waals surface area contributed by atoms with E-state index in [0.717, 1.165) is 17.1 Å². The summed E-state index contributed by atoms with van der Waals surface area (Å²) in [6, 6.07) is 12.8. The van der Waals surface area contributed by atoms with Crippen LogP contribution in [0.3, 0.4) is 0 Å². The molecule has 0 fully saturated rings. The fraction of sp³-hybridized carbons (Fsp3) is 0.455. The highest BCUT2D eigenvalue weighted by atomic mass is 28.4. The fourth-order valence-electron chi connectivity index (χ4n) is 2.77. The number of aryl methyl sites for hydroxylation is 2. The number of ether oxygens (including phenoxy) is 1. The Morgan fingerprint density at radius 1 is 0.920 bits per heavy atom. The molecule has 0 spiro atoms. The Kier molecular flexibility index (Phi) is 5.67. The van der Waals surface area contributed by atoms with E-state index in [0.29, 0.717) is 6.61 Å². The predicted octanol–water partition coefficient (Wildman–Crippen LogP) is 6.39. The van der Waals surface area contributed by atoms with Gasteiger partial charge in [0, 0.05) is 0 Å². The molecule has 0 amide bonds. The second-order valence-corrected chi connectivity index (χ2v) is 13.3. The zero-order valence-corrected chi connectivity index (χ0v) is 18.0. The molecule has 3 heteroatoms. The molecule has 2 nitrogen and oxygen atoms in total. The first-order chi connectivity index (χ1) is 11.5. The molecule has 2 rings (SSSR count). The lowest BCUT2D eigenvalue weighted by atomic mass is 9.86. The summed E-state index contributed by atoms with van der Waals surface area (Å²) in [6.07, 6.45) is 0. The number of hydrogen-bond donors (Lipinski definition) is 0. The van der Waals surface area contributed by atoms with E-state index in [2.05, 4.69) is 90.7 Å². The van der Waals surface area contributed by atoms with Gasteiger partial charge in [-0.2, -0.15) is 0 Å². The maximum absolute atomic E-state index is 6.26. The van der Waals surface area contributed by atoms with Gasteiger partial charge in [0.05, 0.1) is 0 Å². The summed E-state index contributed by atoms with van der Waals surface area (Å²) in [5, 5.41) is 0. The van der Waals surface area contributed by atoms with Gasteiger partial charge in [-0.05, 0) is 73.3 Å². The molecule has 0 saturated heterocycles. The van der Waals surface area contributed by atoms with Gasteiger partial charge in [0.25, 0.3) is 0 Å². The highest BCUT2D eigenvalue weighted by molar-refractivity contribution is 6.70. The van der Waals surface area contributed by atoms with Crippen molar-refractivity contribution in [3.8, 4) is 11.5 Å². The summed E-state index contributed by atoms with van der Waals surface area (Å²) >= 11 is 0. The molecule has 2 aromatic carbocycles. The first-order valence-electron chi connectivity index (χ1n) is 8.98. The van der Waals surface area contributed by atoms with Crippen LogP contribution in [0.15, 0.2) is 36.4 Å². The first kappa shape index (κ1) is 19.6. The van der Waals surface area contributed by atoms with Gasteiger partial charge in [-0.15, -0.1) is 0 Å². The summed E-state index contributed by atoms with van der Waals surface area (Å²) in [4.78, 5) is 0. The van der Waals surface area contributed by atoms with E-state index in [-0.39, 0.29) is 5.41 Å². The van der Waals surface area contributed by atoms with Crippen molar-refractivity contribution < 1.29 is 9.16 Å². The minimum Gasteiger partial charge on any atom is -0.544 e. The van der Waals surface area contributed by atoms with Crippen LogP contribution in [0.5, 0.6) is 11.5 Å². The zero-order valence-electron chi connectivity index (χ0n) is 17.0. The number of rotatable bonds is 5. The smallest absolute Gasteiger partial charge is 0.242 e. The van der Waals surface area contributed by atoms with Crippen molar-refractivity contribution in [2.45, 2.75) is 66.3 Å². The van der Waals surface area contributed by atoms with E-state index in [1.807, 2.05) is 0 Å². The predicted molar refractivity (Wildman–Crippen MR) is 109 cm³/mol. The van der Waals surface area contributed by atoms with Crippen LogP contribution < -0.4 is 9.16 Å². The number of para-hydroxylation sites is 1. The van der Waals surface area contributed by atoms with Crippen molar-refractivity contribution in [1.82, 2.24) is 0 Å².